The number of carboxylic acids is 1. The van der Waals surface area contributed by atoms with Crippen LogP contribution in [0.3, 0.4) is 0 Å². The molecule has 0 amide bonds. The van der Waals surface area contributed by atoms with E-state index in [2.05, 4.69) is 20.5 Å². The molecule has 0 aliphatic carbocycles. The van der Waals surface area contributed by atoms with Gasteiger partial charge >= 0.3 is 12.1 Å². The summed E-state index contributed by atoms with van der Waals surface area (Å²) in [5.41, 5.74) is -0.822. The summed E-state index contributed by atoms with van der Waals surface area (Å²) < 4.78 is 37.4. The first-order valence-corrected chi connectivity index (χ1v) is 4.76. The molecule has 2 aromatic heterocycles. The van der Waals surface area contributed by atoms with Crippen molar-refractivity contribution in [2.45, 2.75) is 6.18 Å². The summed E-state index contributed by atoms with van der Waals surface area (Å²) in [6, 6.07) is 2.01. The highest BCUT2D eigenvalue weighted by atomic mass is 19.4. The van der Waals surface area contributed by atoms with Crippen molar-refractivity contribution in [3.63, 3.8) is 0 Å². The number of halogens is 3. The van der Waals surface area contributed by atoms with E-state index in [1.54, 1.807) is 0 Å². The first-order valence-electron chi connectivity index (χ1n) is 4.76. The number of H-pyrrole nitrogens is 1. The Morgan fingerprint density at radius 2 is 2.17 bits per heavy atom. The van der Waals surface area contributed by atoms with Crippen molar-refractivity contribution in [2.75, 3.05) is 11.9 Å². The first kappa shape index (κ1) is 12.1. The van der Waals surface area contributed by atoms with Gasteiger partial charge in [0.2, 0.25) is 0 Å². The molecule has 3 N–H and O–H groups in total. The number of anilines is 1. The fourth-order valence-corrected chi connectivity index (χ4v) is 1.34. The van der Waals surface area contributed by atoms with Crippen molar-refractivity contribution in [1.29, 1.82) is 0 Å². The standard InChI is InChI=1S/C9H7F3N4O2/c10-9(11,12)5-2-1-4-7(14-5)8(16-15-4)13-3-6(17)18/h1-2H,3H2,(H,17,18)(H2,13,15,16). The van der Waals surface area contributed by atoms with Crippen molar-refractivity contribution in [3.8, 4) is 0 Å². The maximum Gasteiger partial charge on any atom is 0.433 e. The van der Waals surface area contributed by atoms with Crippen LogP contribution in [0.1, 0.15) is 5.69 Å². The number of carbonyl (C=O) groups is 1. The van der Waals surface area contributed by atoms with Crippen LogP contribution >= 0.6 is 0 Å². The number of hydrogen-bond donors (Lipinski definition) is 3. The summed E-state index contributed by atoms with van der Waals surface area (Å²) in [5.74, 6) is -1.18. The fraction of sp³-hybridized carbons (Fsp3) is 0.222. The minimum absolute atomic E-state index is 0.0292. The van der Waals surface area contributed by atoms with E-state index in [0.29, 0.717) is 0 Å². The van der Waals surface area contributed by atoms with Crippen molar-refractivity contribution in [2.24, 2.45) is 0 Å². The summed E-state index contributed by atoms with van der Waals surface area (Å²) in [4.78, 5) is 13.8. The van der Waals surface area contributed by atoms with E-state index < -0.39 is 24.4 Å². The highest BCUT2D eigenvalue weighted by Crippen LogP contribution is 2.29. The summed E-state index contributed by atoms with van der Waals surface area (Å²) in [7, 11) is 0. The van der Waals surface area contributed by atoms with Gasteiger partial charge in [-0.1, -0.05) is 0 Å². The fourth-order valence-electron chi connectivity index (χ4n) is 1.34. The number of fused-ring (bicyclic) bond motifs is 1. The quantitative estimate of drug-likeness (QED) is 0.777. The van der Waals surface area contributed by atoms with E-state index in [1.807, 2.05) is 0 Å². The highest BCUT2D eigenvalue weighted by Gasteiger charge is 2.32. The molecule has 0 bridgehead atoms. The lowest BCUT2D eigenvalue weighted by Crippen LogP contribution is -2.13. The Labute approximate surface area is 97.8 Å². The number of nitrogens with zero attached hydrogens (tertiary/aromatic N) is 2. The van der Waals surface area contributed by atoms with Crippen LogP contribution in [0, 0.1) is 0 Å². The molecule has 2 aromatic rings. The topological polar surface area (TPSA) is 90.9 Å². The van der Waals surface area contributed by atoms with Crippen molar-refractivity contribution < 1.29 is 23.1 Å². The van der Waals surface area contributed by atoms with Crippen LogP contribution in [0.2, 0.25) is 0 Å². The Bertz CT molecular complexity index is 593. The average Bonchev–Trinajstić information content (AvgIpc) is 2.67. The molecular weight excluding hydrogens is 253 g/mol. The van der Waals surface area contributed by atoms with Crippen LogP contribution in [-0.2, 0) is 11.0 Å². The highest BCUT2D eigenvalue weighted by molar-refractivity contribution is 5.87. The molecule has 0 aliphatic rings. The maximum atomic E-state index is 12.5. The molecule has 0 saturated heterocycles. The lowest BCUT2D eigenvalue weighted by atomic mass is 10.3. The Hall–Kier alpha value is -2.32. The number of nitrogens with one attached hydrogen (secondary N) is 2. The van der Waals surface area contributed by atoms with Crippen molar-refractivity contribution >= 4 is 22.8 Å². The van der Waals surface area contributed by atoms with Gasteiger partial charge in [-0.3, -0.25) is 9.89 Å². The van der Waals surface area contributed by atoms with E-state index in [1.165, 1.54) is 6.07 Å². The number of aromatic nitrogens is 3. The van der Waals surface area contributed by atoms with E-state index in [-0.39, 0.29) is 16.9 Å². The molecule has 0 fully saturated rings. The van der Waals surface area contributed by atoms with Gasteiger partial charge in [0.1, 0.15) is 17.8 Å². The summed E-state index contributed by atoms with van der Waals surface area (Å²) >= 11 is 0. The molecule has 2 heterocycles. The molecule has 18 heavy (non-hydrogen) atoms. The van der Waals surface area contributed by atoms with Crippen LogP contribution in [-0.4, -0.2) is 32.8 Å². The van der Waals surface area contributed by atoms with Gasteiger partial charge in [-0.2, -0.15) is 18.3 Å². The summed E-state index contributed by atoms with van der Waals surface area (Å²) in [6.07, 6.45) is -4.56. The SMILES string of the molecule is O=C(O)CNc1n[nH]c2ccc(C(F)(F)F)nc12. The lowest BCUT2D eigenvalue weighted by Gasteiger charge is -2.05. The Morgan fingerprint density at radius 3 is 2.78 bits per heavy atom. The largest absolute Gasteiger partial charge is 0.480 e. The van der Waals surface area contributed by atoms with Gasteiger partial charge in [0.15, 0.2) is 5.82 Å². The second-order valence-corrected chi connectivity index (χ2v) is 3.41. The third kappa shape index (κ3) is 2.34. The number of carboxylic acid groups (broad SMARTS) is 1. The van der Waals surface area contributed by atoms with E-state index in [0.717, 1.165) is 6.07 Å². The molecule has 0 saturated carbocycles. The lowest BCUT2D eigenvalue weighted by molar-refractivity contribution is -0.141. The second-order valence-electron chi connectivity index (χ2n) is 3.41. The van der Waals surface area contributed by atoms with Crippen LogP contribution < -0.4 is 5.32 Å². The van der Waals surface area contributed by atoms with Crippen molar-refractivity contribution in [3.05, 3.63) is 17.8 Å². The molecule has 9 heteroatoms. The van der Waals surface area contributed by atoms with E-state index in [9.17, 15) is 18.0 Å². The van der Waals surface area contributed by atoms with Gasteiger partial charge in [0.25, 0.3) is 0 Å². The van der Waals surface area contributed by atoms with E-state index >= 15 is 0 Å². The Morgan fingerprint density at radius 1 is 1.44 bits per heavy atom. The zero-order valence-electron chi connectivity index (χ0n) is 8.75. The van der Waals surface area contributed by atoms with Crippen LogP contribution in [0.4, 0.5) is 19.0 Å². The predicted octanol–water partition coefficient (Wildman–Crippen LogP) is 1.47. The monoisotopic (exact) mass is 260 g/mol. The summed E-state index contributed by atoms with van der Waals surface area (Å²) in [6.45, 7) is -0.460. The zero-order valence-corrected chi connectivity index (χ0v) is 8.75. The second kappa shape index (κ2) is 4.17. The molecule has 0 unspecified atom stereocenters. The van der Waals surface area contributed by atoms with E-state index in [4.69, 9.17) is 5.11 Å². The molecule has 0 spiro atoms. The van der Waals surface area contributed by atoms with Gasteiger partial charge < -0.3 is 10.4 Å². The van der Waals surface area contributed by atoms with Gasteiger partial charge in [-0.15, -0.1) is 0 Å². The Balaban J connectivity index is 2.40. The third-order valence-electron chi connectivity index (χ3n) is 2.11. The predicted molar refractivity (Wildman–Crippen MR) is 55.0 cm³/mol. The minimum Gasteiger partial charge on any atom is -0.480 e. The molecule has 96 valence electrons. The molecule has 0 aliphatic heterocycles. The normalized spacial score (nSPS) is 11.7. The van der Waals surface area contributed by atoms with Gasteiger partial charge in [-0.25, -0.2) is 4.98 Å². The number of pyridine rings is 1. The number of hydrogen-bond acceptors (Lipinski definition) is 4. The maximum absolute atomic E-state index is 12.5. The molecular formula is C9H7F3N4O2. The zero-order chi connectivity index (χ0) is 13.3. The van der Waals surface area contributed by atoms with Crippen LogP contribution in [0.15, 0.2) is 12.1 Å². The number of rotatable bonds is 3. The van der Waals surface area contributed by atoms with Crippen molar-refractivity contribution in [1.82, 2.24) is 15.2 Å². The van der Waals surface area contributed by atoms with Gasteiger partial charge in [-0.05, 0) is 12.1 Å². The van der Waals surface area contributed by atoms with Gasteiger partial charge in [0.05, 0.1) is 5.52 Å². The van der Waals surface area contributed by atoms with Crippen LogP contribution in [0.25, 0.3) is 11.0 Å². The van der Waals surface area contributed by atoms with Gasteiger partial charge in [0, 0.05) is 0 Å². The molecule has 0 aromatic carbocycles. The number of alkyl halides is 3. The smallest absolute Gasteiger partial charge is 0.433 e. The minimum atomic E-state index is -4.56. The number of aromatic amines is 1. The molecule has 2 rings (SSSR count). The first-order chi connectivity index (χ1) is 8.38. The number of aliphatic carboxylic acids is 1. The summed E-state index contributed by atoms with van der Waals surface area (Å²) in [5, 5.41) is 17.0. The Kier molecular flexibility index (Phi) is 2.81. The molecule has 0 atom stereocenters. The van der Waals surface area contributed by atoms with Crippen LogP contribution in [0.5, 0.6) is 0 Å². The molecule has 6 nitrogen and oxygen atoms in total. The third-order valence-corrected chi connectivity index (χ3v) is 2.11. The molecule has 0 radical (unpaired) electrons. The average molecular weight is 260 g/mol.